The Labute approximate surface area is 259 Å². The predicted molar refractivity (Wildman–Crippen MR) is 169 cm³/mol. The Balaban J connectivity index is 0.000000291. The third-order valence-electron chi connectivity index (χ3n) is 8.08. The van der Waals surface area contributed by atoms with E-state index in [1.807, 2.05) is 30.6 Å². The van der Waals surface area contributed by atoms with E-state index in [1.165, 1.54) is 0 Å². The van der Waals surface area contributed by atoms with Gasteiger partial charge in [-0.1, -0.05) is 20.8 Å². The molecule has 43 heavy (non-hydrogen) atoms. The summed E-state index contributed by atoms with van der Waals surface area (Å²) in [5.74, 6) is 1.02. The zero-order valence-electron chi connectivity index (χ0n) is 27.2. The first-order valence-electron chi connectivity index (χ1n) is 16.8. The minimum atomic E-state index is -0.185. The first kappa shape index (κ1) is 38.9. The number of amides is 3. The van der Waals surface area contributed by atoms with Crippen LogP contribution in [0.5, 0.6) is 0 Å². The SMILES string of the molecule is CCCC(=O)N1CCC(=O)CC1.CCCC(=O)N1CCC(N)CC1.CCCC(=O)N1CCC(O)CC1.OC1CCNCC1. The van der Waals surface area contributed by atoms with Crippen molar-refractivity contribution in [1.29, 1.82) is 0 Å². The van der Waals surface area contributed by atoms with Gasteiger partial charge in [0.1, 0.15) is 5.78 Å². The van der Waals surface area contributed by atoms with Crippen LogP contribution in [0.3, 0.4) is 0 Å². The lowest BCUT2D eigenvalue weighted by Crippen LogP contribution is -2.42. The zero-order chi connectivity index (χ0) is 32.0. The van der Waals surface area contributed by atoms with Gasteiger partial charge >= 0.3 is 0 Å². The summed E-state index contributed by atoms with van der Waals surface area (Å²) in [5, 5.41) is 21.2. The Morgan fingerprint density at radius 3 is 1.35 bits per heavy atom. The molecule has 4 rings (SSSR count). The fourth-order valence-corrected chi connectivity index (χ4v) is 5.19. The number of Topliss-reactive ketones (excluding diaryl/α,β-unsaturated/α-hetero) is 1. The molecule has 0 spiro atoms. The molecule has 0 bridgehead atoms. The molecule has 250 valence electrons. The summed E-state index contributed by atoms with van der Waals surface area (Å²) in [6, 6.07) is 0.315. The summed E-state index contributed by atoms with van der Waals surface area (Å²) in [5.41, 5.74) is 5.73. The third-order valence-corrected chi connectivity index (χ3v) is 8.08. The topological polar surface area (TPSA) is 157 Å². The lowest BCUT2D eigenvalue weighted by molar-refractivity contribution is -0.135. The van der Waals surface area contributed by atoms with Gasteiger partial charge < -0.3 is 36.0 Å². The number of carbonyl (C=O) groups is 4. The Morgan fingerprint density at radius 2 is 1.00 bits per heavy atom. The van der Waals surface area contributed by atoms with E-state index in [0.29, 0.717) is 57.1 Å². The number of aliphatic hydroxyl groups excluding tert-OH is 2. The number of piperidine rings is 4. The van der Waals surface area contributed by atoms with Gasteiger partial charge in [-0.3, -0.25) is 19.2 Å². The maximum absolute atomic E-state index is 11.4. The minimum absolute atomic E-state index is 0.0266. The number of likely N-dealkylation sites (tertiary alicyclic amines) is 3. The predicted octanol–water partition coefficient (Wildman–Crippen LogP) is 2.21. The van der Waals surface area contributed by atoms with E-state index in [1.54, 1.807) is 4.90 Å². The number of hydrogen-bond donors (Lipinski definition) is 4. The van der Waals surface area contributed by atoms with E-state index in [9.17, 15) is 24.3 Å². The lowest BCUT2D eigenvalue weighted by Gasteiger charge is -2.30. The molecule has 3 amide bonds. The van der Waals surface area contributed by atoms with Crippen molar-refractivity contribution in [3.63, 3.8) is 0 Å². The van der Waals surface area contributed by atoms with Crippen LogP contribution in [0.1, 0.15) is 111 Å². The summed E-state index contributed by atoms with van der Waals surface area (Å²) in [6.07, 6.45) is 10.9. The number of aliphatic hydroxyl groups is 2. The van der Waals surface area contributed by atoms with Gasteiger partial charge in [0.15, 0.2) is 0 Å². The first-order valence-corrected chi connectivity index (χ1v) is 16.8. The summed E-state index contributed by atoms with van der Waals surface area (Å²) in [6.45, 7) is 12.5. The Bertz CT molecular complexity index is 745. The van der Waals surface area contributed by atoms with Crippen molar-refractivity contribution < 1.29 is 29.4 Å². The highest BCUT2D eigenvalue weighted by Crippen LogP contribution is 2.12. The van der Waals surface area contributed by atoms with Gasteiger partial charge in [0.25, 0.3) is 0 Å². The molecule has 0 saturated carbocycles. The fourth-order valence-electron chi connectivity index (χ4n) is 5.19. The third kappa shape index (κ3) is 17.7. The quantitative estimate of drug-likeness (QED) is 0.356. The van der Waals surface area contributed by atoms with Crippen LogP contribution >= 0.6 is 0 Å². The van der Waals surface area contributed by atoms with Gasteiger partial charge in [-0.2, -0.15) is 0 Å². The van der Waals surface area contributed by atoms with Crippen molar-refractivity contribution in [2.75, 3.05) is 52.4 Å². The number of rotatable bonds is 6. The molecule has 0 radical (unpaired) electrons. The Kier molecular flexibility index (Phi) is 21.1. The molecule has 4 aliphatic heterocycles. The zero-order valence-corrected chi connectivity index (χ0v) is 27.2. The van der Waals surface area contributed by atoms with E-state index >= 15 is 0 Å². The average Bonchev–Trinajstić information content (AvgIpc) is 3.00. The van der Waals surface area contributed by atoms with Crippen LogP contribution in [0.25, 0.3) is 0 Å². The van der Waals surface area contributed by atoms with Crippen LogP contribution < -0.4 is 11.1 Å². The normalized spacial score (nSPS) is 20.1. The molecule has 11 heteroatoms. The molecule has 11 nitrogen and oxygen atoms in total. The molecule has 5 N–H and O–H groups in total. The molecule has 4 aliphatic rings. The molecule has 4 heterocycles. The highest BCUT2D eigenvalue weighted by atomic mass is 16.3. The number of hydrogen-bond acceptors (Lipinski definition) is 8. The molecule has 4 saturated heterocycles. The number of ketones is 1. The van der Waals surface area contributed by atoms with Crippen LogP contribution in [0.2, 0.25) is 0 Å². The van der Waals surface area contributed by atoms with Crippen molar-refractivity contribution in [3.05, 3.63) is 0 Å². The molecule has 0 aromatic carbocycles. The van der Waals surface area contributed by atoms with Crippen LogP contribution in [0.4, 0.5) is 0 Å². The molecule has 0 aromatic heterocycles. The van der Waals surface area contributed by atoms with Crippen molar-refractivity contribution in [3.8, 4) is 0 Å². The lowest BCUT2D eigenvalue weighted by atomic mass is 10.1. The highest BCUT2D eigenvalue weighted by molar-refractivity contribution is 5.83. The molecule has 0 unspecified atom stereocenters. The van der Waals surface area contributed by atoms with Crippen molar-refractivity contribution in [2.24, 2.45) is 5.73 Å². The molecule has 0 aliphatic carbocycles. The van der Waals surface area contributed by atoms with Gasteiger partial charge in [0, 0.05) is 77.4 Å². The minimum Gasteiger partial charge on any atom is -0.393 e. The second-order valence-corrected chi connectivity index (χ2v) is 12.0. The summed E-state index contributed by atoms with van der Waals surface area (Å²) in [4.78, 5) is 50.5. The average molecular weight is 612 g/mol. The van der Waals surface area contributed by atoms with Crippen molar-refractivity contribution in [2.45, 2.75) is 129 Å². The molecule has 0 aromatic rings. The van der Waals surface area contributed by atoms with Crippen LogP contribution in [0.15, 0.2) is 0 Å². The summed E-state index contributed by atoms with van der Waals surface area (Å²) < 4.78 is 0. The monoisotopic (exact) mass is 611 g/mol. The van der Waals surface area contributed by atoms with Crippen LogP contribution in [0, 0.1) is 0 Å². The number of nitrogens with one attached hydrogen (secondary N) is 1. The maximum atomic E-state index is 11.4. The van der Waals surface area contributed by atoms with Gasteiger partial charge in [-0.15, -0.1) is 0 Å². The number of carbonyl (C=O) groups excluding carboxylic acids is 4. The summed E-state index contributed by atoms with van der Waals surface area (Å²) >= 11 is 0. The van der Waals surface area contributed by atoms with Gasteiger partial charge in [0.2, 0.25) is 17.7 Å². The second kappa shape index (κ2) is 23.3. The molecular formula is C32H61N5O6. The number of nitrogens with two attached hydrogens (primary N) is 1. The largest absolute Gasteiger partial charge is 0.393 e. The van der Waals surface area contributed by atoms with E-state index in [0.717, 1.165) is 97.1 Å². The van der Waals surface area contributed by atoms with Crippen molar-refractivity contribution in [1.82, 2.24) is 20.0 Å². The van der Waals surface area contributed by atoms with E-state index < -0.39 is 0 Å². The van der Waals surface area contributed by atoms with Crippen LogP contribution in [-0.4, -0.2) is 119 Å². The molecule has 4 fully saturated rings. The van der Waals surface area contributed by atoms with Gasteiger partial charge in [0.05, 0.1) is 12.2 Å². The Hall–Kier alpha value is -2.08. The van der Waals surface area contributed by atoms with E-state index in [4.69, 9.17) is 10.8 Å². The van der Waals surface area contributed by atoms with E-state index in [2.05, 4.69) is 5.32 Å². The molecule has 0 atom stereocenters. The maximum Gasteiger partial charge on any atom is 0.222 e. The standard InChI is InChI=1S/C9H18N2O.C9H17NO2.C9H15NO2.C5H11NO/c1-2-3-9(12)11-6-4-8(10)5-7-11;2*1-2-3-9(12)10-6-4-8(11)5-7-10;7-5-1-3-6-4-2-5/h8H,2-7,10H2,1H3;8,11H,2-7H2,1H3;2-7H2,1H3;5-7H,1-4H2. The summed E-state index contributed by atoms with van der Waals surface area (Å²) in [7, 11) is 0. The molecular weight excluding hydrogens is 550 g/mol. The number of nitrogens with zero attached hydrogens (tertiary/aromatic N) is 3. The highest BCUT2D eigenvalue weighted by Gasteiger charge is 2.21. The smallest absolute Gasteiger partial charge is 0.222 e. The first-order chi connectivity index (χ1) is 20.6. The van der Waals surface area contributed by atoms with Crippen LogP contribution in [-0.2, 0) is 19.2 Å². The second-order valence-electron chi connectivity index (χ2n) is 12.0. The van der Waals surface area contributed by atoms with Gasteiger partial charge in [-0.25, -0.2) is 0 Å². The Morgan fingerprint density at radius 1 is 0.651 bits per heavy atom. The fraction of sp³-hybridized carbons (Fsp3) is 0.875. The van der Waals surface area contributed by atoms with Gasteiger partial charge in [-0.05, 0) is 70.9 Å². The van der Waals surface area contributed by atoms with Crippen molar-refractivity contribution >= 4 is 23.5 Å². The van der Waals surface area contributed by atoms with E-state index in [-0.39, 0.29) is 29.8 Å².